The van der Waals surface area contributed by atoms with Crippen molar-refractivity contribution in [2.75, 3.05) is 19.6 Å². The summed E-state index contributed by atoms with van der Waals surface area (Å²) in [6, 6.07) is 0. The zero-order valence-corrected chi connectivity index (χ0v) is 10.4. The van der Waals surface area contributed by atoms with Crippen LogP contribution >= 0.6 is 0 Å². The predicted octanol–water partition coefficient (Wildman–Crippen LogP) is -0.763. The van der Waals surface area contributed by atoms with Crippen molar-refractivity contribution in [2.45, 2.75) is 25.7 Å². The van der Waals surface area contributed by atoms with Gasteiger partial charge in [-0.05, 0) is 25.3 Å². The smallest absolute Gasteiger partial charge is 0.246 e. The molecule has 2 fully saturated rings. The van der Waals surface area contributed by atoms with E-state index < -0.39 is 11.8 Å². The maximum Gasteiger partial charge on any atom is 0.246 e. The van der Waals surface area contributed by atoms with E-state index >= 15 is 0 Å². The number of hydrogen-bond donors (Lipinski definition) is 2. The Bertz CT molecular complexity index is 354. The largest absolute Gasteiger partial charge is 0.330 e. The minimum Gasteiger partial charge on any atom is -0.330 e. The molecule has 1 aliphatic carbocycles. The highest BCUT2D eigenvalue weighted by atomic mass is 16.2. The average Bonchev–Trinajstić information content (AvgIpc) is 2.36. The molecule has 1 saturated heterocycles. The first-order valence-electron chi connectivity index (χ1n) is 6.43. The lowest BCUT2D eigenvalue weighted by atomic mass is 9.78. The van der Waals surface area contributed by atoms with Gasteiger partial charge in [-0.15, -0.1) is 0 Å². The SMILES string of the molecule is NCC1CCCCC1C(=O)N1CC(=O)NC(=O)C1. The first kappa shape index (κ1) is 13.0. The Labute approximate surface area is 106 Å². The van der Waals surface area contributed by atoms with E-state index in [0.717, 1.165) is 25.7 Å². The Morgan fingerprint density at radius 1 is 1.22 bits per heavy atom. The minimum absolute atomic E-state index is 0.0155. The van der Waals surface area contributed by atoms with Gasteiger partial charge in [0.2, 0.25) is 17.7 Å². The molecule has 0 radical (unpaired) electrons. The Hall–Kier alpha value is -1.43. The Balaban J connectivity index is 2.05. The molecule has 2 unspecified atom stereocenters. The fourth-order valence-corrected chi connectivity index (χ4v) is 2.84. The van der Waals surface area contributed by atoms with Crippen LogP contribution in [0.15, 0.2) is 0 Å². The molecule has 1 aliphatic heterocycles. The molecule has 3 N–H and O–H groups in total. The summed E-state index contributed by atoms with van der Waals surface area (Å²) in [5, 5.41) is 2.20. The van der Waals surface area contributed by atoms with Crippen LogP contribution in [0.25, 0.3) is 0 Å². The van der Waals surface area contributed by atoms with Gasteiger partial charge in [0.05, 0.1) is 0 Å². The zero-order valence-electron chi connectivity index (χ0n) is 10.4. The van der Waals surface area contributed by atoms with Crippen LogP contribution in [0.5, 0.6) is 0 Å². The molecule has 1 saturated carbocycles. The summed E-state index contributed by atoms with van der Waals surface area (Å²) in [4.78, 5) is 36.3. The van der Waals surface area contributed by atoms with E-state index in [1.165, 1.54) is 4.90 Å². The molecule has 6 heteroatoms. The second-order valence-corrected chi connectivity index (χ2v) is 5.05. The molecule has 0 aromatic rings. The van der Waals surface area contributed by atoms with E-state index in [4.69, 9.17) is 5.73 Å². The molecule has 2 rings (SSSR count). The second kappa shape index (κ2) is 5.48. The van der Waals surface area contributed by atoms with Crippen molar-refractivity contribution in [1.29, 1.82) is 0 Å². The van der Waals surface area contributed by atoms with Crippen LogP contribution in [0.1, 0.15) is 25.7 Å². The topological polar surface area (TPSA) is 92.5 Å². The lowest BCUT2D eigenvalue weighted by Gasteiger charge is -2.35. The summed E-state index contributed by atoms with van der Waals surface area (Å²) in [7, 11) is 0. The summed E-state index contributed by atoms with van der Waals surface area (Å²) in [5.74, 6) is -0.832. The normalized spacial score (nSPS) is 29.1. The molecule has 18 heavy (non-hydrogen) atoms. The van der Waals surface area contributed by atoms with Crippen molar-refractivity contribution in [3.05, 3.63) is 0 Å². The maximum atomic E-state index is 12.4. The summed E-state index contributed by atoms with van der Waals surface area (Å²) >= 11 is 0. The van der Waals surface area contributed by atoms with Gasteiger partial charge < -0.3 is 10.6 Å². The van der Waals surface area contributed by atoms with Crippen molar-refractivity contribution < 1.29 is 14.4 Å². The first-order valence-corrected chi connectivity index (χ1v) is 6.43. The third-order valence-corrected chi connectivity index (χ3v) is 3.79. The highest BCUT2D eigenvalue weighted by molar-refractivity contribution is 6.02. The van der Waals surface area contributed by atoms with E-state index in [-0.39, 0.29) is 30.8 Å². The fourth-order valence-electron chi connectivity index (χ4n) is 2.84. The van der Waals surface area contributed by atoms with Gasteiger partial charge in [0.1, 0.15) is 13.1 Å². The van der Waals surface area contributed by atoms with Gasteiger partial charge >= 0.3 is 0 Å². The van der Waals surface area contributed by atoms with Crippen molar-refractivity contribution >= 4 is 17.7 Å². The number of carbonyl (C=O) groups excluding carboxylic acids is 3. The third kappa shape index (κ3) is 2.69. The Morgan fingerprint density at radius 3 is 2.44 bits per heavy atom. The number of amides is 3. The number of hydrogen-bond acceptors (Lipinski definition) is 4. The molecule has 2 atom stereocenters. The summed E-state index contributed by atoms with van der Waals surface area (Å²) in [6.45, 7) is 0.459. The third-order valence-electron chi connectivity index (χ3n) is 3.79. The number of rotatable bonds is 2. The lowest BCUT2D eigenvalue weighted by Crippen LogP contribution is -2.55. The summed E-state index contributed by atoms with van der Waals surface area (Å²) in [6.07, 6.45) is 3.89. The number of nitrogens with zero attached hydrogens (tertiary/aromatic N) is 1. The quantitative estimate of drug-likeness (QED) is 0.632. The van der Waals surface area contributed by atoms with E-state index in [2.05, 4.69) is 5.32 Å². The van der Waals surface area contributed by atoms with Gasteiger partial charge in [-0.2, -0.15) is 0 Å². The van der Waals surface area contributed by atoms with Crippen LogP contribution in [0.2, 0.25) is 0 Å². The van der Waals surface area contributed by atoms with Crippen LogP contribution in [0.3, 0.4) is 0 Å². The minimum atomic E-state index is -0.403. The van der Waals surface area contributed by atoms with E-state index in [9.17, 15) is 14.4 Å². The van der Waals surface area contributed by atoms with Gasteiger partial charge in [0, 0.05) is 5.92 Å². The lowest BCUT2D eigenvalue weighted by molar-refractivity contribution is -0.149. The number of carbonyl (C=O) groups is 3. The molecular weight excluding hydrogens is 234 g/mol. The average molecular weight is 253 g/mol. The molecule has 3 amide bonds. The van der Waals surface area contributed by atoms with Crippen LogP contribution < -0.4 is 11.1 Å². The number of nitrogens with two attached hydrogens (primary N) is 1. The predicted molar refractivity (Wildman–Crippen MR) is 64.2 cm³/mol. The van der Waals surface area contributed by atoms with Crippen LogP contribution in [0, 0.1) is 11.8 Å². The molecule has 0 spiro atoms. The van der Waals surface area contributed by atoms with Crippen LogP contribution in [0.4, 0.5) is 0 Å². The van der Waals surface area contributed by atoms with Gasteiger partial charge in [0.25, 0.3) is 0 Å². The van der Waals surface area contributed by atoms with Crippen LogP contribution in [-0.2, 0) is 14.4 Å². The highest BCUT2D eigenvalue weighted by Gasteiger charge is 2.35. The van der Waals surface area contributed by atoms with E-state index in [1.807, 2.05) is 0 Å². The van der Waals surface area contributed by atoms with Crippen LogP contribution in [-0.4, -0.2) is 42.3 Å². The van der Waals surface area contributed by atoms with Crippen molar-refractivity contribution in [1.82, 2.24) is 10.2 Å². The Morgan fingerprint density at radius 2 is 1.83 bits per heavy atom. The summed E-state index contributed by atoms with van der Waals surface area (Å²) < 4.78 is 0. The van der Waals surface area contributed by atoms with E-state index in [1.54, 1.807) is 0 Å². The molecule has 0 aromatic heterocycles. The standard InChI is InChI=1S/C12H19N3O3/c13-5-8-3-1-2-4-9(8)12(18)15-6-10(16)14-11(17)7-15/h8-9H,1-7,13H2,(H,14,16,17). The molecule has 1 heterocycles. The van der Waals surface area contributed by atoms with Crippen molar-refractivity contribution in [3.63, 3.8) is 0 Å². The molecule has 0 bridgehead atoms. The molecule has 2 aliphatic rings. The molecule has 6 nitrogen and oxygen atoms in total. The van der Waals surface area contributed by atoms with Crippen molar-refractivity contribution in [2.24, 2.45) is 17.6 Å². The monoisotopic (exact) mass is 253 g/mol. The maximum absolute atomic E-state index is 12.4. The Kier molecular flexibility index (Phi) is 3.96. The highest BCUT2D eigenvalue weighted by Crippen LogP contribution is 2.30. The number of piperazine rings is 1. The zero-order chi connectivity index (χ0) is 13.1. The van der Waals surface area contributed by atoms with Gasteiger partial charge in [-0.25, -0.2) is 0 Å². The first-order chi connectivity index (χ1) is 8.61. The summed E-state index contributed by atoms with van der Waals surface area (Å²) in [5.41, 5.74) is 5.70. The number of imide groups is 1. The molecule has 0 aromatic carbocycles. The molecular formula is C12H19N3O3. The van der Waals surface area contributed by atoms with Gasteiger partial charge in [0.15, 0.2) is 0 Å². The van der Waals surface area contributed by atoms with E-state index in [0.29, 0.717) is 6.54 Å². The number of nitrogens with one attached hydrogen (secondary N) is 1. The fraction of sp³-hybridized carbons (Fsp3) is 0.750. The van der Waals surface area contributed by atoms with Gasteiger partial charge in [-0.1, -0.05) is 12.8 Å². The molecule has 100 valence electrons. The van der Waals surface area contributed by atoms with Gasteiger partial charge in [-0.3, -0.25) is 19.7 Å². The van der Waals surface area contributed by atoms with Crippen molar-refractivity contribution in [3.8, 4) is 0 Å². The second-order valence-electron chi connectivity index (χ2n) is 5.05.